The topological polar surface area (TPSA) is 74.3 Å². The van der Waals surface area contributed by atoms with E-state index in [1.165, 1.54) is 0 Å². The van der Waals surface area contributed by atoms with Gasteiger partial charge in [0, 0.05) is 50.6 Å². The van der Waals surface area contributed by atoms with Crippen molar-refractivity contribution in [1.82, 2.24) is 20.5 Å². The predicted molar refractivity (Wildman–Crippen MR) is 99.6 cm³/mol. The van der Waals surface area contributed by atoms with E-state index in [0.717, 1.165) is 18.7 Å². The van der Waals surface area contributed by atoms with Crippen LogP contribution in [0.15, 0.2) is 54.9 Å². The van der Waals surface area contributed by atoms with Crippen LogP contribution in [0, 0.1) is 0 Å². The molecule has 1 aliphatic heterocycles. The normalized spacial score (nSPS) is 16.9. The average molecular weight is 352 g/mol. The van der Waals surface area contributed by atoms with Gasteiger partial charge in [0.25, 0.3) is 5.91 Å². The van der Waals surface area contributed by atoms with Crippen LogP contribution in [-0.4, -0.2) is 47.9 Å². The van der Waals surface area contributed by atoms with Crippen LogP contribution in [0.4, 0.5) is 0 Å². The fraction of sp³-hybridized carbons (Fsp3) is 0.350. The van der Waals surface area contributed by atoms with E-state index in [9.17, 15) is 9.59 Å². The van der Waals surface area contributed by atoms with Crippen molar-refractivity contribution < 1.29 is 9.59 Å². The van der Waals surface area contributed by atoms with Crippen LogP contribution in [-0.2, 0) is 4.79 Å². The Balaban J connectivity index is 1.48. The molecule has 0 aliphatic carbocycles. The molecule has 1 aromatic carbocycles. The highest BCUT2D eigenvalue weighted by molar-refractivity contribution is 5.94. The molecule has 6 nitrogen and oxygen atoms in total. The van der Waals surface area contributed by atoms with Gasteiger partial charge in [0.15, 0.2) is 0 Å². The number of hydrogen-bond donors (Lipinski definition) is 2. The van der Waals surface area contributed by atoms with Crippen LogP contribution in [0.2, 0.25) is 0 Å². The molecule has 2 heterocycles. The highest BCUT2D eigenvalue weighted by Crippen LogP contribution is 2.22. The summed E-state index contributed by atoms with van der Waals surface area (Å²) in [5.41, 5.74) is 1.68. The first kappa shape index (κ1) is 18.1. The van der Waals surface area contributed by atoms with Gasteiger partial charge in [-0.1, -0.05) is 24.3 Å². The van der Waals surface area contributed by atoms with Crippen molar-refractivity contribution in [2.45, 2.75) is 18.9 Å². The molecule has 1 aliphatic rings. The van der Waals surface area contributed by atoms with E-state index in [1.54, 1.807) is 18.3 Å². The molecule has 2 aromatic rings. The van der Waals surface area contributed by atoms with E-state index < -0.39 is 0 Å². The van der Waals surface area contributed by atoms with E-state index in [1.807, 2.05) is 41.4 Å². The van der Waals surface area contributed by atoms with Crippen molar-refractivity contribution in [3.8, 4) is 0 Å². The minimum atomic E-state index is -0.103. The maximum absolute atomic E-state index is 12.7. The first-order valence-corrected chi connectivity index (χ1v) is 8.99. The van der Waals surface area contributed by atoms with E-state index in [2.05, 4.69) is 15.6 Å². The smallest absolute Gasteiger partial charge is 0.251 e. The van der Waals surface area contributed by atoms with E-state index in [0.29, 0.717) is 31.5 Å². The highest BCUT2D eigenvalue weighted by Gasteiger charge is 2.27. The van der Waals surface area contributed by atoms with Crippen molar-refractivity contribution in [1.29, 1.82) is 0 Å². The van der Waals surface area contributed by atoms with Gasteiger partial charge in [-0.25, -0.2) is 0 Å². The molecule has 0 spiro atoms. The number of nitrogens with zero attached hydrogens (tertiary/aromatic N) is 2. The number of hydrogen-bond acceptors (Lipinski definition) is 4. The lowest BCUT2D eigenvalue weighted by Crippen LogP contribution is -2.48. The standard InChI is InChI=1S/C20H24N4O2/c25-19(9-5-11-23-20(26)16-6-2-1-3-7-16)24-13-12-22-15-18(24)17-8-4-10-21-14-17/h1-4,6-8,10,14,18,22H,5,9,11-13,15H2,(H,23,26). The van der Waals surface area contributed by atoms with E-state index in [-0.39, 0.29) is 17.9 Å². The molecule has 26 heavy (non-hydrogen) atoms. The zero-order chi connectivity index (χ0) is 18.2. The zero-order valence-electron chi connectivity index (χ0n) is 14.7. The van der Waals surface area contributed by atoms with Crippen LogP contribution < -0.4 is 10.6 Å². The number of rotatable bonds is 6. The minimum Gasteiger partial charge on any atom is -0.352 e. The molecular weight excluding hydrogens is 328 g/mol. The van der Waals surface area contributed by atoms with Crippen molar-refractivity contribution in [3.05, 3.63) is 66.0 Å². The van der Waals surface area contributed by atoms with Crippen molar-refractivity contribution in [2.24, 2.45) is 0 Å². The van der Waals surface area contributed by atoms with Gasteiger partial charge in [0.1, 0.15) is 0 Å². The Labute approximate surface area is 153 Å². The summed E-state index contributed by atoms with van der Waals surface area (Å²) >= 11 is 0. The molecule has 0 radical (unpaired) electrons. The molecule has 1 atom stereocenters. The monoisotopic (exact) mass is 352 g/mol. The minimum absolute atomic E-state index is 0.0175. The first-order valence-electron chi connectivity index (χ1n) is 8.99. The number of carbonyl (C=O) groups is 2. The Morgan fingerprint density at radius 3 is 2.81 bits per heavy atom. The second kappa shape index (κ2) is 9.10. The SMILES string of the molecule is O=C(NCCCC(=O)N1CCNCC1c1cccnc1)c1ccccc1. The van der Waals surface area contributed by atoms with E-state index >= 15 is 0 Å². The number of carbonyl (C=O) groups excluding carboxylic acids is 2. The number of piperazine rings is 1. The van der Waals surface area contributed by atoms with Crippen LogP contribution in [0.5, 0.6) is 0 Å². The van der Waals surface area contributed by atoms with Crippen molar-refractivity contribution in [2.75, 3.05) is 26.2 Å². The molecule has 2 amide bonds. The van der Waals surface area contributed by atoms with Crippen molar-refractivity contribution in [3.63, 3.8) is 0 Å². The van der Waals surface area contributed by atoms with Crippen LogP contribution in [0.25, 0.3) is 0 Å². The Bertz CT molecular complexity index is 721. The number of nitrogens with one attached hydrogen (secondary N) is 2. The third-order valence-corrected chi connectivity index (χ3v) is 4.52. The third kappa shape index (κ3) is 4.67. The van der Waals surface area contributed by atoms with Crippen LogP contribution in [0.1, 0.15) is 34.8 Å². The molecule has 1 aromatic heterocycles. The Kier molecular flexibility index (Phi) is 6.33. The summed E-state index contributed by atoms with van der Waals surface area (Å²) in [5.74, 6) is 0.0165. The van der Waals surface area contributed by atoms with Gasteiger partial charge in [-0.2, -0.15) is 0 Å². The van der Waals surface area contributed by atoms with Gasteiger partial charge in [-0.3, -0.25) is 14.6 Å². The fourth-order valence-electron chi connectivity index (χ4n) is 3.15. The van der Waals surface area contributed by atoms with Crippen LogP contribution in [0.3, 0.4) is 0 Å². The summed E-state index contributed by atoms with van der Waals surface area (Å²) < 4.78 is 0. The molecule has 6 heteroatoms. The van der Waals surface area contributed by atoms with Gasteiger partial charge < -0.3 is 15.5 Å². The van der Waals surface area contributed by atoms with Crippen molar-refractivity contribution >= 4 is 11.8 Å². The Morgan fingerprint density at radius 1 is 1.19 bits per heavy atom. The van der Waals surface area contributed by atoms with Crippen LogP contribution >= 0.6 is 0 Å². The molecule has 136 valence electrons. The maximum atomic E-state index is 12.7. The van der Waals surface area contributed by atoms with Gasteiger partial charge in [0.2, 0.25) is 5.91 Å². The molecule has 1 unspecified atom stereocenters. The molecule has 1 saturated heterocycles. The fourth-order valence-corrected chi connectivity index (χ4v) is 3.15. The van der Waals surface area contributed by atoms with E-state index in [4.69, 9.17) is 0 Å². The maximum Gasteiger partial charge on any atom is 0.251 e. The Morgan fingerprint density at radius 2 is 2.04 bits per heavy atom. The van der Waals surface area contributed by atoms with Gasteiger partial charge in [0.05, 0.1) is 6.04 Å². The Hall–Kier alpha value is -2.73. The van der Waals surface area contributed by atoms with Gasteiger partial charge >= 0.3 is 0 Å². The summed E-state index contributed by atoms with van der Waals surface area (Å²) in [6.07, 6.45) is 4.60. The lowest BCUT2D eigenvalue weighted by molar-refractivity contribution is -0.134. The quantitative estimate of drug-likeness (QED) is 0.777. The number of aromatic nitrogens is 1. The first-order chi connectivity index (χ1) is 12.8. The van der Waals surface area contributed by atoms with Gasteiger partial charge in [-0.05, 0) is 30.2 Å². The lowest BCUT2D eigenvalue weighted by Gasteiger charge is -2.36. The molecular formula is C20H24N4O2. The number of benzene rings is 1. The molecule has 1 fully saturated rings. The lowest BCUT2D eigenvalue weighted by atomic mass is 10.0. The van der Waals surface area contributed by atoms with Gasteiger partial charge in [-0.15, -0.1) is 0 Å². The number of amides is 2. The second-order valence-corrected chi connectivity index (χ2v) is 6.32. The summed E-state index contributed by atoms with van der Waals surface area (Å²) in [4.78, 5) is 30.8. The number of pyridine rings is 1. The summed E-state index contributed by atoms with van der Waals surface area (Å²) in [6.45, 7) is 2.72. The zero-order valence-corrected chi connectivity index (χ0v) is 14.7. The third-order valence-electron chi connectivity index (χ3n) is 4.52. The average Bonchev–Trinajstić information content (AvgIpc) is 2.72. The molecule has 3 rings (SSSR count). The predicted octanol–water partition coefficient (Wildman–Crippen LogP) is 1.76. The summed E-state index contributed by atoms with van der Waals surface area (Å²) in [6, 6.07) is 13.0. The highest BCUT2D eigenvalue weighted by atomic mass is 16.2. The molecule has 0 bridgehead atoms. The summed E-state index contributed by atoms with van der Waals surface area (Å²) in [7, 11) is 0. The summed E-state index contributed by atoms with van der Waals surface area (Å²) in [5, 5.41) is 6.21. The second-order valence-electron chi connectivity index (χ2n) is 6.32. The molecule has 0 saturated carbocycles. The largest absolute Gasteiger partial charge is 0.352 e. The molecule has 2 N–H and O–H groups in total.